The smallest absolute Gasteiger partial charge is 0.225 e. The summed E-state index contributed by atoms with van der Waals surface area (Å²) < 4.78 is 0. The molecular weight excluding hydrogens is 318 g/mol. The Bertz CT molecular complexity index is 882. The highest BCUT2D eigenvalue weighted by molar-refractivity contribution is 5.80. The van der Waals surface area contributed by atoms with Gasteiger partial charge in [-0.1, -0.05) is 83.9 Å². The summed E-state index contributed by atoms with van der Waals surface area (Å²) in [6, 6.07) is 24.6. The lowest BCUT2D eigenvalue weighted by Gasteiger charge is -2.20. The predicted molar refractivity (Wildman–Crippen MR) is 107 cm³/mol. The zero-order chi connectivity index (χ0) is 18.5. The third-order valence-corrected chi connectivity index (χ3v) is 4.70. The number of hydrogen-bond acceptors (Lipinski definition) is 1. The molecule has 132 valence electrons. The Hall–Kier alpha value is -2.87. The number of amides is 1. The molecule has 2 heteroatoms. The van der Waals surface area contributed by atoms with Gasteiger partial charge in [-0.25, -0.2) is 0 Å². The molecule has 0 fully saturated rings. The van der Waals surface area contributed by atoms with E-state index in [2.05, 4.69) is 74.6 Å². The Kier molecular flexibility index (Phi) is 5.52. The van der Waals surface area contributed by atoms with E-state index in [0.29, 0.717) is 6.42 Å². The molecule has 0 aliphatic rings. The van der Waals surface area contributed by atoms with Crippen molar-refractivity contribution in [1.29, 1.82) is 0 Å². The highest BCUT2D eigenvalue weighted by Crippen LogP contribution is 2.23. The van der Waals surface area contributed by atoms with Crippen LogP contribution in [-0.4, -0.2) is 5.91 Å². The summed E-state index contributed by atoms with van der Waals surface area (Å²) in [5.74, 6) is 0.0337. The van der Waals surface area contributed by atoms with Gasteiger partial charge >= 0.3 is 0 Å². The Labute approximate surface area is 155 Å². The Balaban J connectivity index is 1.83. The molecule has 1 N–H and O–H groups in total. The van der Waals surface area contributed by atoms with E-state index in [1.165, 1.54) is 11.1 Å². The van der Waals surface area contributed by atoms with Gasteiger partial charge in [0.25, 0.3) is 0 Å². The Morgan fingerprint density at radius 3 is 2.08 bits per heavy atom. The van der Waals surface area contributed by atoms with E-state index in [0.717, 1.165) is 22.3 Å². The predicted octanol–water partition coefficient (Wildman–Crippen LogP) is 5.06. The summed E-state index contributed by atoms with van der Waals surface area (Å²) in [6.07, 6.45) is 0.390. The van der Waals surface area contributed by atoms with E-state index >= 15 is 0 Å². The minimum atomic E-state index is -0.143. The van der Waals surface area contributed by atoms with Crippen molar-refractivity contribution < 1.29 is 4.79 Å². The van der Waals surface area contributed by atoms with Crippen LogP contribution in [-0.2, 0) is 11.2 Å². The summed E-state index contributed by atoms with van der Waals surface area (Å²) in [5.41, 5.74) is 6.84. The highest BCUT2D eigenvalue weighted by Gasteiger charge is 2.17. The maximum atomic E-state index is 12.8. The van der Waals surface area contributed by atoms with Crippen LogP contribution in [0.5, 0.6) is 0 Å². The summed E-state index contributed by atoms with van der Waals surface area (Å²) in [6.45, 7) is 6.20. The molecule has 0 radical (unpaired) electrons. The molecule has 1 amide bonds. The van der Waals surface area contributed by atoms with Crippen molar-refractivity contribution in [3.05, 3.63) is 106 Å². The lowest BCUT2D eigenvalue weighted by molar-refractivity contribution is -0.120. The highest BCUT2D eigenvalue weighted by atomic mass is 16.1. The quantitative estimate of drug-likeness (QED) is 0.689. The van der Waals surface area contributed by atoms with Gasteiger partial charge in [-0.05, 0) is 43.0 Å². The van der Waals surface area contributed by atoms with Crippen LogP contribution in [0.25, 0.3) is 0 Å². The van der Waals surface area contributed by atoms with E-state index in [1.807, 2.05) is 24.3 Å². The van der Waals surface area contributed by atoms with E-state index in [4.69, 9.17) is 0 Å². The van der Waals surface area contributed by atoms with Crippen molar-refractivity contribution in [2.24, 2.45) is 0 Å². The molecule has 3 aromatic rings. The third kappa shape index (κ3) is 4.40. The number of benzene rings is 3. The van der Waals surface area contributed by atoms with Crippen LogP contribution in [0.15, 0.2) is 72.8 Å². The number of rotatable bonds is 5. The van der Waals surface area contributed by atoms with Crippen LogP contribution in [0.4, 0.5) is 0 Å². The Morgan fingerprint density at radius 1 is 0.808 bits per heavy atom. The largest absolute Gasteiger partial charge is 0.345 e. The molecule has 0 aliphatic carbocycles. The maximum Gasteiger partial charge on any atom is 0.225 e. The van der Waals surface area contributed by atoms with Crippen LogP contribution in [0.3, 0.4) is 0 Å². The van der Waals surface area contributed by atoms with Crippen LogP contribution in [0.1, 0.15) is 39.4 Å². The molecule has 0 heterocycles. The molecule has 0 saturated heterocycles. The number of aryl methyl sites for hydroxylation is 3. The second-order valence-electron chi connectivity index (χ2n) is 6.93. The van der Waals surface area contributed by atoms with Crippen molar-refractivity contribution in [3.8, 4) is 0 Å². The Morgan fingerprint density at radius 2 is 1.42 bits per heavy atom. The molecule has 0 bridgehead atoms. The molecule has 0 spiro atoms. The third-order valence-electron chi connectivity index (χ3n) is 4.70. The summed E-state index contributed by atoms with van der Waals surface area (Å²) in [4.78, 5) is 12.8. The van der Waals surface area contributed by atoms with Crippen molar-refractivity contribution in [1.82, 2.24) is 5.32 Å². The van der Waals surface area contributed by atoms with Gasteiger partial charge in [0, 0.05) is 0 Å². The van der Waals surface area contributed by atoms with Gasteiger partial charge in [-0.2, -0.15) is 0 Å². The minimum Gasteiger partial charge on any atom is -0.345 e. The van der Waals surface area contributed by atoms with Crippen molar-refractivity contribution in [3.63, 3.8) is 0 Å². The SMILES string of the molecule is Cc1ccc([C@H](NC(=O)Cc2ccc(C)cc2C)c2ccccc2)cc1. The molecule has 26 heavy (non-hydrogen) atoms. The fourth-order valence-electron chi connectivity index (χ4n) is 3.19. The first kappa shape index (κ1) is 17.9. The van der Waals surface area contributed by atoms with E-state index < -0.39 is 0 Å². The molecule has 0 aromatic heterocycles. The van der Waals surface area contributed by atoms with Crippen LogP contribution >= 0.6 is 0 Å². The first-order chi connectivity index (χ1) is 12.5. The average Bonchev–Trinajstić information content (AvgIpc) is 2.64. The van der Waals surface area contributed by atoms with Gasteiger partial charge in [0.2, 0.25) is 5.91 Å². The van der Waals surface area contributed by atoms with Gasteiger partial charge in [0.1, 0.15) is 0 Å². The number of carbonyl (C=O) groups excluding carboxylic acids is 1. The zero-order valence-electron chi connectivity index (χ0n) is 15.6. The molecule has 2 nitrogen and oxygen atoms in total. The first-order valence-corrected chi connectivity index (χ1v) is 9.00. The molecular formula is C24H25NO. The molecule has 3 rings (SSSR count). The van der Waals surface area contributed by atoms with Crippen LogP contribution in [0, 0.1) is 20.8 Å². The minimum absolute atomic E-state index is 0.0337. The first-order valence-electron chi connectivity index (χ1n) is 9.00. The van der Waals surface area contributed by atoms with Gasteiger partial charge in [0.05, 0.1) is 12.5 Å². The van der Waals surface area contributed by atoms with Gasteiger partial charge < -0.3 is 5.32 Å². The normalized spacial score (nSPS) is 11.8. The van der Waals surface area contributed by atoms with Gasteiger partial charge in [-0.3, -0.25) is 4.79 Å². The van der Waals surface area contributed by atoms with E-state index in [-0.39, 0.29) is 11.9 Å². The van der Waals surface area contributed by atoms with Crippen molar-refractivity contribution in [2.75, 3.05) is 0 Å². The summed E-state index contributed by atoms with van der Waals surface area (Å²) >= 11 is 0. The molecule has 3 aromatic carbocycles. The lowest BCUT2D eigenvalue weighted by Crippen LogP contribution is -2.30. The second-order valence-corrected chi connectivity index (χ2v) is 6.93. The maximum absolute atomic E-state index is 12.8. The fourth-order valence-corrected chi connectivity index (χ4v) is 3.19. The van der Waals surface area contributed by atoms with Crippen molar-refractivity contribution in [2.45, 2.75) is 33.2 Å². The fraction of sp³-hybridized carbons (Fsp3) is 0.208. The molecule has 0 unspecified atom stereocenters. The van der Waals surface area contributed by atoms with Crippen molar-refractivity contribution >= 4 is 5.91 Å². The van der Waals surface area contributed by atoms with E-state index in [9.17, 15) is 4.79 Å². The van der Waals surface area contributed by atoms with E-state index in [1.54, 1.807) is 0 Å². The zero-order valence-corrected chi connectivity index (χ0v) is 15.6. The topological polar surface area (TPSA) is 29.1 Å². The molecule has 0 saturated carbocycles. The van der Waals surface area contributed by atoms with Gasteiger partial charge in [0.15, 0.2) is 0 Å². The number of hydrogen-bond donors (Lipinski definition) is 1. The summed E-state index contributed by atoms with van der Waals surface area (Å²) in [5, 5.41) is 3.22. The number of carbonyl (C=O) groups is 1. The molecule has 0 aliphatic heterocycles. The average molecular weight is 343 g/mol. The monoisotopic (exact) mass is 343 g/mol. The number of nitrogens with one attached hydrogen (secondary N) is 1. The standard InChI is InChI=1S/C24H25NO/c1-17-9-12-21(13-10-17)24(20-7-5-4-6-8-20)25-23(26)16-22-14-11-18(2)15-19(22)3/h4-15,24H,16H2,1-3H3,(H,25,26)/t24-/m1/s1. The van der Waals surface area contributed by atoms with Gasteiger partial charge in [-0.15, -0.1) is 0 Å². The summed E-state index contributed by atoms with van der Waals surface area (Å²) in [7, 11) is 0. The van der Waals surface area contributed by atoms with Crippen LogP contribution < -0.4 is 5.32 Å². The second kappa shape index (κ2) is 8.01. The molecule has 1 atom stereocenters. The van der Waals surface area contributed by atoms with Crippen LogP contribution in [0.2, 0.25) is 0 Å². The lowest BCUT2D eigenvalue weighted by atomic mass is 9.97.